The van der Waals surface area contributed by atoms with Crippen LogP contribution >= 0.6 is 0 Å². The molecule has 4 aromatic rings. The maximum Gasteiger partial charge on any atom is 0.311 e. The summed E-state index contributed by atoms with van der Waals surface area (Å²) >= 11 is 0. The highest BCUT2D eigenvalue weighted by Crippen LogP contribution is 2.27. The first kappa shape index (κ1) is 21.6. The molecule has 162 valence electrons. The van der Waals surface area contributed by atoms with Gasteiger partial charge in [0.1, 0.15) is 11.5 Å². The molecule has 0 fully saturated rings. The van der Waals surface area contributed by atoms with Crippen molar-refractivity contribution in [1.82, 2.24) is 0 Å². The Kier molecular flexibility index (Phi) is 7.13. The van der Waals surface area contributed by atoms with Crippen LogP contribution in [0.15, 0.2) is 84.9 Å². The summed E-state index contributed by atoms with van der Waals surface area (Å²) in [7, 11) is 0. The lowest BCUT2D eigenvalue weighted by Gasteiger charge is -2.08. The van der Waals surface area contributed by atoms with Gasteiger partial charge >= 0.3 is 11.9 Å². The van der Waals surface area contributed by atoms with E-state index in [9.17, 15) is 9.59 Å². The molecular weight excluding hydrogens is 400 g/mol. The Morgan fingerprint density at radius 1 is 0.500 bits per heavy atom. The summed E-state index contributed by atoms with van der Waals surface area (Å²) in [6.07, 6.45) is 3.94. The van der Waals surface area contributed by atoms with Crippen LogP contribution < -0.4 is 9.47 Å². The molecule has 0 amide bonds. The third-order valence-corrected chi connectivity index (χ3v) is 5.46. The van der Waals surface area contributed by atoms with E-state index in [4.69, 9.17) is 9.47 Å². The predicted octanol–water partition coefficient (Wildman–Crippen LogP) is 6.84. The van der Waals surface area contributed by atoms with Crippen molar-refractivity contribution in [2.75, 3.05) is 0 Å². The maximum atomic E-state index is 12.2. The molecule has 4 nitrogen and oxygen atoms in total. The number of unbranched alkanes of at least 4 members (excludes halogenated alkanes) is 3. The number of rotatable bonds is 9. The number of benzene rings is 4. The van der Waals surface area contributed by atoms with Gasteiger partial charge in [0, 0.05) is 23.6 Å². The van der Waals surface area contributed by atoms with Gasteiger partial charge in [0.05, 0.1) is 0 Å². The quantitative estimate of drug-likeness (QED) is 0.167. The normalized spacial score (nSPS) is 10.9. The Morgan fingerprint density at radius 2 is 0.906 bits per heavy atom. The van der Waals surface area contributed by atoms with E-state index in [1.807, 2.05) is 84.9 Å². The summed E-state index contributed by atoms with van der Waals surface area (Å²) in [5.74, 6) is 0.752. The number of carbonyl (C=O) groups excluding carboxylic acids is 2. The number of carbonyl (C=O) groups is 2. The smallest absolute Gasteiger partial charge is 0.311 e. The summed E-state index contributed by atoms with van der Waals surface area (Å²) in [5, 5.41) is 3.97. The zero-order valence-electron chi connectivity index (χ0n) is 18.0. The van der Waals surface area contributed by atoms with Gasteiger partial charge in [-0.25, -0.2) is 0 Å². The Balaban J connectivity index is 1.16. The van der Waals surface area contributed by atoms with Crippen LogP contribution in [0, 0.1) is 0 Å². The third kappa shape index (κ3) is 5.52. The van der Waals surface area contributed by atoms with Crippen LogP contribution in [0.2, 0.25) is 0 Å². The molecule has 0 aliphatic heterocycles. The van der Waals surface area contributed by atoms with Crippen molar-refractivity contribution in [3.63, 3.8) is 0 Å². The molecule has 0 aromatic heterocycles. The highest BCUT2D eigenvalue weighted by Gasteiger charge is 2.10. The first-order valence-electron chi connectivity index (χ1n) is 11.1. The zero-order valence-corrected chi connectivity index (χ0v) is 18.0. The minimum Gasteiger partial charge on any atom is -0.426 e. The van der Waals surface area contributed by atoms with Crippen LogP contribution in [0.25, 0.3) is 21.5 Å². The number of esters is 2. The van der Waals surface area contributed by atoms with E-state index < -0.39 is 0 Å². The van der Waals surface area contributed by atoms with Gasteiger partial charge in [-0.15, -0.1) is 0 Å². The van der Waals surface area contributed by atoms with Gasteiger partial charge in [0.25, 0.3) is 0 Å². The lowest BCUT2D eigenvalue weighted by molar-refractivity contribution is -0.135. The first-order valence-corrected chi connectivity index (χ1v) is 11.1. The molecule has 0 bridgehead atoms. The van der Waals surface area contributed by atoms with Crippen molar-refractivity contribution in [3.05, 3.63) is 84.9 Å². The van der Waals surface area contributed by atoms with Gasteiger partial charge in [0.15, 0.2) is 0 Å². The van der Waals surface area contributed by atoms with E-state index >= 15 is 0 Å². The molecule has 4 rings (SSSR count). The predicted molar refractivity (Wildman–Crippen MR) is 127 cm³/mol. The van der Waals surface area contributed by atoms with E-state index in [0.717, 1.165) is 47.2 Å². The fraction of sp³-hybridized carbons (Fsp3) is 0.214. The van der Waals surface area contributed by atoms with Gasteiger partial charge in [-0.3, -0.25) is 9.59 Å². The summed E-state index contributed by atoms with van der Waals surface area (Å²) < 4.78 is 11.1. The molecule has 4 heteroatoms. The summed E-state index contributed by atoms with van der Waals surface area (Å²) in [6.45, 7) is 0. The lowest BCUT2D eigenvalue weighted by Crippen LogP contribution is -2.08. The van der Waals surface area contributed by atoms with Crippen LogP contribution in [0.4, 0.5) is 0 Å². The molecule has 0 spiro atoms. The molecular formula is C28H26O4. The van der Waals surface area contributed by atoms with E-state index in [1.165, 1.54) is 0 Å². The molecule has 0 radical (unpaired) electrons. The second-order valence-electron chi connectivity index (χ2n) is 7.82. The molecule has 4 aromatic carbocycles. The zero-order chi connectivity index (χ0) is 22.2. The number of fused-ring (bicyclic) bond motifs is 2. The monoisotopic (exact) mass is 426 g/mol. The summed E-state index contributed by atoms with van der Waals surface area (Å²) in [5.41, 5.74) is 0. The van der Waals surface area contributed by atoms with Gasteiger partial charge in [-0.05, 0) is 35.7 Å². The van der Waals surface area contributed by atoms with E-state index in [-0.39, 0.29) is 11.9 Å². The maximum absolute atomic E-state index is 12.2. The van der Waals surface area contributed by atoms with Gasteiger partial charge in [-0.1, -0.05) is 85.6 Å². The van der Waals surface area contributed by atoms with Gasteiger partial charge < -0.3 is 9.47 Å². The Morgan fingerprint density at radius 3 is 1.38 bits per heavy atom. The lowest BCUT2D eigenvalue weighted by atomic mass is 10.1. The first-order chi connectivity index (χ1) is 15.7. The Hall–Kier alpha value is -3.66. The largest absolute Gasteiger partial charge is 0.426 e. The Bertz CT molecular complexity index is 1120. The minimum absolute atomic E-state index is 0.225. The van der Waals surface area contributed by atoms with Crippen molar-refractivity contribution < 1.29 is 19.1 Å². The van der Waals surface area contributed by atoms with Crippen LogP contribution in [-0.4, -0.2) is 11.9 Å². The fourth-order valence-electron chi connectivity index (χ4n) is 3.81. The molecule has 0 N–H and O–H groups in total. The molecule has 0 heterocycles. The molecule has 32 heavy (non-hydrogen) atoms. The second kappa shape index (κ2) is 10.6. The van der Waals surface area contributed by atoms with Crippen LogP contribution in [-0.2, 0) is 9.59 Å². The van der Waals surface area contributed by atoms with Crippen molar-refractivity contribution in [1.29, 1.82) is 0 Å². The number of ether oxygens (including phenoxy) is 2. The number of hydrogen-bond acceptors (Lipinski definition) is 4. The standard InChI is InChI=1S/C28H26O4/c29-27(31-25-17-9-13-21-11-5-7-15-23(21)25)19-3-1-2-4-20-28(30)32-26-18-10-14-22-12-6-8-16-24(22)26/h5-18H,1-4,19-20H2. The van der Waals surface area contributed by atoms with E-state index in [0.29, 0.717) is 24.3 Å². The van der Waals surface area contributed by atoms with Crippen molar-refractivity contribution >= 4 is 33.5 Å². The minimum atomic E-state index is -0.225. The highest BCUT2D eigenvalue weighted by atomic mass is 16.5. The molecule has 0 saturated heterocycles. The van der Waals surface area contributed by atoms with E-state index in [1.54, 1.807) is 0 Å². The van der Waals surface area contributed by atoms with Crippen molar-refractivity contribution in [3.8, 4) is 11.5 Å². The number of hydrogen-bond donors (Lipinski definition) is 0. The van der Waals surface area contributed by atoms with Crippen molar-refractivity contribution in [2.45, 2.75) is 38.5 Å². The van der Waals surface area contributed by atoms with Gasteiger partial charge in [0.2, 0.25) is 0 Å². The molecule has 0 unspecified atom stereocenters. The SMILES string of the molecule is O=C(CCCCCCC(=O)Oc1cccc2ccccc12)Oc1cccc2ccccc12. The summed E-state index contributed by atoms with van der Waals surface area (Å²) in [6, 6.07) is 27.1. The Labute approximate surface area is 187 Å². The molecule has 0 saturated carbocycles. The third-order valence-electron chi connectivity index (χ3n) is 5.46. The van der Waals surface area contributed by atoms with Crippen LogP contribution in [0.3, 0.4) is 0 Å². The molecule has 0 atom stereocenters. The van der Waals surface area contributed by atoms with Crippen LogP contribution in [0.1, 0.15) is 38.5 Å². The van der Waals surface area contributed by atoms with Gasteiger partial charge in [-0.2, -0.15) is 0 Å². The highest BCUT2D eigenvalue weighted by molar-refractivity contribution is 5.91. The summed E-state index contributed by atoms with van der Waals surface area (Å²) in [4.78, 5) is 24.4. The second-order valence-corrected chi connectivity index (χ2v) is 7.82. The van der Waals surface area contributed by atoms with E-state index in [2.05, 4.69) is 0 Å². The topological polar surface area (TPSA) is 52.6 Å². The van der Waals surface area contributed by atoms with Crippen molar-refractivity contribution in [2.24, 2.45) is 0 Å². The van der Waals surface area contributed by atoms with Crippen LogP contribution in [0.5, 0.6) is 11.5 Å². The molecule has 0 aliphatic rings. The molecule has 0 aliphatic carbocycles. The fourth-order valence-corrected chi connectivity index (χ4v) is 3.81. The average Bonchev–Trinajstić information content (AvgIpc) is 2.82. The average molecular weight is 427 g/mol.